The number of hydrogen-bond donors (Lipinski definition) is 3. The van der Waals surface area contributed by atoms with Gasteiger partial charge in [-0.05, 0) is 26.3 Å². The second kappa shape index (κ2) is 4.47. The fraction of sp³-hybridized carbons (Fsp3) is 0.875. The summed E-state index contributed by atoms with van der Waals surface area (Å²) in [4.78, 5) is 0. The fourth-order valence-corrected chi connectivity index (χ4v) is 1.69. The van der Waals surface area contributed by atoms with Gasteiger partial charge in [0.1, 0.15) is 0 Å². The minimum atomic E-state index is 0.163. The molecular weight excluding hydrogens is 180 g/mol. The van der Waals surface area contributed by atoms with E-state index in [1.165, 1.54) is 12.8 Å². The number of H-pyrrole nitrogens is 1. The molecule has 2 heterocycles. The number of aromatic amines is 1. The number of rotatable bonds is 4. The molecule has 0 bridgehead atoms. The van der Waals surface area contributed by atoms with Crippen LogP contribution in [0, 0.1) is 0 Å². The van der Waals surface area contributed by atoms with E-state index in [1.807, 2.05) is 6.92 Å². The average molecular weight is 196 g/mol. The van der Waals surface area contributed by atoms with Gasteiger partial charge in [0.2, 0.25) is 0 Å². The molecule has 0 aromatic carbocycles. The van der Waals surface area contributed by atoms with Crippen LogP contribution in [0.5, 0.6) is 0 Å². The lowest BCUT2D eigenvalue weighted by Crippen LogP contribution is -2.35. The second-order valence-corrected chi connectivity index (χ2v) is 3.69. The van der Waals surface area contributed by atoms with Crippen molar-refractivity contribution in [1.82, 2.24) is 31.3 Å². The summed E-state index contributed by atoms with van der Waals surface area (Å²) >= 11 is 0. The summed E-state index contributed by atoms with van der Waals surface area (Å²) in [5.74, 6) is 0.725. The van der Waals surface area contributed by atoms with Crippen molar-refractivity contribution in [3.05, 3.63) is 5.82 Å². The van der Waals surface area contributed by atoms with Gasteiger partial charge in [0, 0.05) is 12.6 Å². The molecule has 2 atom stereocenters. The van der Waals surface area contributed by atoms with Gasteiger partial charge in [0.25, 0.3) is 0 Å². The largest absolute Gasteiger partial charge is 0.313 e. The third-order valence-electron chi connectivity index (χ3n) is 2.58. The van der Waals surface area contributed by atoms with Gasteiger partial charge in [0.05, 0.1) is 6.04 Å². The summed E-state index contributed by atoms with van der Waals surface area (Å²) in [6.07, 6.45) is 2.54. The highest BCUT2D eigenvalue weighted by atomic mass is 15.5. The second-order valence-electron chi connectivity index (χ2n) is 3.69. The van der Waals surface area contributed by atoms with Crippen molar-refractivity contribution in [3.63, 3.8) is 0 Å². The van der Waals surface area contributed by atoms with E-state index in [0.717, 1.165) is 18.9 Å². The normalized spacial score (nSPS) is 23.9. The van der Waals surface area contributed by atoms with Crippen LogP contribution in [-0.4, -0.2) is 39.8 Å². The summed E-state index contributed by atoms with van der Waals surface area (Å²) in [7, 11) is 0. The van der Waals surface area contributed by atoms with Gasteiger partial charge in [-0.3, -0.25) is 0 Å². The molecule has 6 heteroatoms. The molecular formula is C8H16N6. The van der Waals surface area contributed by atoms with Crippen LogP contribution in [0.4, 0.5) is 0 Å². The maximum absolute atomic E-state index is 3.93. The van der Waals surface area contributed by atoms with Crippen molar-refractivity contribution in [2.45, 2.75) is 31.8 Å². The summed E-state index contributed by atoms with van der Waals surface area (Å²) < 4.78 is 0. The molecule has 2 rings (SSSR count). The number of nitrogens with one attached hydrogen (secondary N) is 3. The molecule has 0 amide bonds. The Labute approximate surface area is 82.9 Å². The van der Waals surface area contributed by atoms with Crippen molar-refractivity contribution in [1.29, 1.82) is 0 Å². The van der Waals surface area contributed by atoms with Crippen molar-refractivity contribution in [2.75, 3.05) is 13.1 Å². The smallest absolute Gasteiger partial charge is 0.191 e. The van der Waals surface area contributed by atoms with Gasteiger partial charge < -0.3 is 10.6 Å². The van der Waals surface area contributed by atoms with Gasteiger partial charge in [-0.2, -0.15) is 5.21 Å². The van der Waals surface area contributed by atoms with Crippen molar-refractivity contribution < 1.29 is 0 Å². The van der Waals surface area contributed by atoms with E-state index in [1.54, 1.807) is 0 Å². The highest BCUT2D eigenvalue weighted by molar-refractivity contribution is 4.87. The monoisotopic (exact) mass is 196 g/mol. The standard InChI is InChI=1S/C8H16N6/c1-6(8-11-13-14-12-8)10-5-7-3-2-4-9-7/h6-7,9-10H,2-5H2,1H3,(H,11,12,13,14). The Morgan fingerprint density at radius 2 is 2.57 bits per heavy atom. The van der Waals surface area contributed by atoms with Crippen LogP contribution >= 0.6 is 0 Å². The maximum atomic E-state index is 3.93. The summed E-state index contributed by atoms with van der Waals surface area (Å²) in [5.41, 5.74) is 0. The summed E-state index contributed by atoms with van der Waals surface area (Å²) in [5, 5.41) is 20.7. The SMILES string of the molecule is CC(NCC1CCCN1)c1nn[nH]n1. The molecule has 0 aliphatic carbocycles. The van der Waals surface area contributed by atoms with E-state index in [9.17, 15) is 0 Å². The summed E-state index contributed by atoms with van der Waals surface area (Å²) in [6.45, 7) is 4.15. The van der Waals surface area contributed by atoms with Crippen LogP contribution in [0.15, 0.2) is 0 Å². The zero-order valence-electron chi connectivity index (χ0n) is 8.32. The molecule has 0 saturated carbocycles. The van der Waals surface area contributed by atoms with E-state index in [2.05, 4.69) is 31.3 Å². The lowest BCUT2D eigenvalue weighted by molar-refractivity contribution is 0.477. The minimum Gasteiger partial charge on any atom is -0.313 e. The predicted octanol–water partition coefficient (Wildman–Crippen LogP) is -0.398. The van der Waals surface area contributed by atoms with E-state index >= 15 is 0 Å². The Morgan fingerprint density at radius 1 is 1.64 bits per heavy atom. The number of nitrogens with zero attached hydrogens (tertiary/aromatic N) is 3. The Kier molecular flexibility index (Phi) is 3.05. The first-order chi connectivity index (χ1) is 6.86. The minimum absolute atomic E-state index is 0.163. The van der Waals surface area contributed by atoms with Crippen LogP contribution in [0.1, 0.15) is 31.6 Å². The molecule has 0 spiro atoms. The van der Waals surface area contributed by atoms with Crippen LogP contribution in [-0.2, 0) is 0 Å². The predicted molar refractivity (Wildman–Crippen MR) is 51.6 cm³/mol. The van der Waals surface area contributed by atoms with Crippen LogP contribution in [0.3, 0.4) is 0 Å². The van der Waals surface area contributed by atoms with Gasteiger partial charge in [0.15, 0.2) is 5.82 Å². The zero-order valence-corrected chi connectivity index (χ0v) is 8.32. The molecule has 3 N–H and O–H groups in total. The van der Waals surface area contributed by atoms with Gasteiger partial charge >= 0.3 is 0 Å². The van der Waals surface area contributed by atoms with Crippen LogP contribution in [0.2, 0.25) is 0 Å². The highest BCUT2D eigenvalue weighted by Crippen LogP contribution is 2.07. The van der Waals surface area contributed by atoms with Gasteiger partial charge in [-0.25, -0.2) is 0 Å². The van der Waals surface area contributed by atoms with Crippen molar-refractivity contribution in [2.24, 2.45) is 0 Å². The highest BCUT2D eigenvalue weighted by Gasteiger charge is 2.16. The van der Waals surface area contributed by atoms with E-state index in [4.69, 9.17) is 0 Å². The van der Waals surface area contributed by atoms with Crippen molar-refractivity contribution in [3.8, 4) is 0 Å². The Morgan fingerprint density at radius 3 is 3.21 bits per heavy atom. The molecule has 1 aliphatic rings. The van der Waals surface area contributed by atoms with Crippen LogP contribution < -0.4 is 10.6 Å². The molecule has 1 saturated heterocycles. The maximum Gasteiger partial charge on any atom is 0.191 e. The molecule has 2 unspecified atom stereocenters. The van der Waals surface area contributed by atoms with E-state index in [0.29, 0.717) is 6.04 Å². The molecule has 1 fully saturated rings. The third-order valence-corrected chi connectivity index (χ3v) is 2.58. The van der Waals surface area contributed by atoms with Gasteiger partial charge in [-0.1, -0.05) is 5.21 Å². The lowest BCUT2D eigenvalue weighted by atomic mass is 10.2. The Balaban J connectivity index is 1.74. The molecule has 78 valence electrons. The topological polar surface area (TPSA) is 78.5 Å². The zero-order chi connectivity index (χ0) is 9.80. The first kappa shape index (κ1) is 9.54. The quantitative estimate of drug-likeness (QED) is 0.611. The average Bonchev–Trinajstić information content (AvgIpc) is 2.87. The lowest BCUT2D eigenvalue weighted by Gasteiger charge is -2.14. The Bertz CT molecular complexity index is 253. The molecule has 1 aromatic rings. The number of tetrazole rings is 1. The van der Waals surface area contributed by atoms with Gasteiger partial charge in [-0.15, -0.1) is 10.2 Å². The molecule has 14 heavy (non-hydrogen) atoms. The number of aromatic nitrogens is 4. The molecule has 1 aromatic heterocycles. The fourth-order valence-electron chi connectivity index (χ4n) is 1.69. The first-order valence-corrected chi connectivity index (χ1v) is 5.06. The van der Waals surface area contributed by atoms with Crippen LogP contribution in [0.25, 0.3) is 0 Å². The third kappa shape index (κ3) is 2.27. The summed E-state index contributed by atoms with van der Waals surface area (Å²) in [6, 6.07) is 0.764. The molecule has 6 nitrogen and oxygen atoms in total. The Hall–Kier alpha value is -1.01. The van der Waals surface area contributed by atoms with E-state index in [-0.39, 0.29) is 6.04 Å². The number of hydrogen-bond acceptors (Lipinski definition) is 5. The van der Waals surface area contributed by atoms with E-state index < -0.39 is 0 Å². The molecule has 1 aliphatic heterocycles. The molecule has 0 radical (unpaired) electrons. The first-order valence-electron chi connectivity index (χ1n) is 5.06. The van der Waals surface area contributed by atoms with Crippen molar-refractivity contribution >= 4 is 0 Å².